The molecule has 0 amide bonds. The molecule has 0 aliphatic carbocycles. The van der Waals surface area contributed by atoms with E-state index in [2.05, 4.69) is 0 Å². The summed E-state index contributed by atoms with van der Waals surface area (Å²) >= 11 is 0. The third-order valence-corrected chi connectivity index (χ3v) is 3.60. The first-order valence-corrected chi connectivity index (χ1v) is 7.54. The normalized spacial score (nSPS) is 10.5. The number of unbranched alkanes of at least 4 members (excludes halogenated alkanes) is 1. The van der Waals surface area contributed by atoms with Crippen LogP contribution >= 0.6 is 0 Å². The van der Waals surface area contributed by atoms with Gasteiger partial charge in [0.05, 0.1) is 18.9 Å². The number of hydrogen-bond acceptors (Lipinski definition) is 4. The number of nitrogen functional groups attached to an aromatic ring is 2. The summed E-state index contributed by atoms with van der Waals surface area (Å²) in [6.07, 6.45) is 1.83. The van der Waals surface area contributed by atoms with Gasteiger partial charge in [-0.25, -0.2) is 0 Å². The molecule has 0 aromatic heterocycles. The zero-order chi connectivity index (χ0) is 15.9. The second kappa shape index (κ2) is 7.59. The van der Waals surface area contributed by atoms with E-state index in [9.17, 15) is 0 Å². The summed E-state index contributed by atoms with van der Waals surface area (Å²) in [7, 11) is 0. The van der Waals surface area contributed by atoms with Crippen molar-refractivity contribution in [2.24, 2.45) is 0 Å². The molecule has 0 heterocycles. The summed E-state index contributed by atoms with van der Waals surface area (Å²) in [5, 5.41) is 0. The summed E-state index contributed by atoms with van der Waals surface area (Å²) in [4.78, 5) is 0. The first-order valence-electron chi connectivity index (χ1n) is 7.54. The zero-order valence-corrected chi connectivity index (χ0v) is 13.3. The topological polar surface area (TPSA) is 70.5 Å². The van der Waals surface area contributed by atoms with Crippen LogP contribution in [-0.4, -0.2) is 13.2 Å². The van der Waals surface area contributed by atoms with Gasteiger partial charge in [-0.1, -0.05) is 18.2 Å². The molecule has 22 heavy (non-hydrogen) atoms. The number of anilines is 2. The molecule has 0 saturated carbocycles. The van der Waals surface area contributed by atoms with Gasteiger partial charge in [-0.05, 0) is 49.9 Å². The van der Waals surface area contributed by atoms with Crippen LogP contribution in [0.3, 0.4) is 0 Å². The van der Waals surface area contributed by atoms with Gasteiger partial charge in [0.1, 0.15) is 11.5 Å². The molecule has 4 N–H and O–H groups in total. The SMILES string of the molecule is Cc1ccc(OCCCCOc2cccc(C)c2N)cc1N. The van der Waals surface area contributed by atoms with E-state index < -0.39 is 0 Å². The molecule has 4 nitrogen and oxygen atoms in total. The number of hydrogen-bond donors (Lipinski definition) is 2. The molecule has 2 rings (SSSR count). The molecule has 0 aliphatic rings. The lowest BCUT2D eigenvalue weighted by Crippen LogP contribution is -2.04. The monoisotopic (exact) mass is 300 g/mol. The van der Waals surface area contributed by atoms with Crippen LogP contribution in [0.5, 0.6) is 11.5 Å². The number of rotatable bonds is 7. The second-order valence-electron chi connectivity index (χ2n) is 5.41. The van der Waals surface area contributed by atoms with E-state index in [0.717, 1.165) is 41.2 Å². The molecule has 0 bridgehead atoms. The van der Waals surface area contributed by atoms with Crippen LogP contribution in [0.25, 0.3) is 0 Å². The predicted octanol–water partition coefficient (Wildman–Crippen LogP) is 3.71. The van der Waals surface area contributed by atoms with E-state index in [-0.39, 0.29) is 0 Å². The largest absolute Gasteiger partial charge is 0.494 e. The third-order valence-electron chi connectivity index (χ3n) is 3.60. The van der Waals surface area contributed by atoms with Gasteiger partial charge in [-0.15, -0.1) is 0 Å². The van der Waals surface area contributed by atoms with Gasteiger partial charge in [0.25, 0.3) is 0 Å². The number of aryl methyl sites for hydroxylation is 2. The minimum absolute atomic E-state index is 0.632. The van der Waals surface area contributed by atoms with Gasteiger partial charge in [0.2, 0.25) is 0 Å². The number of nitrogens with two attached hydrogens (primary N) is 2. The lowest BCUT2D eigenvalue weighted by Gasteiger charge is -2.11. The van der Waals surface area contributed by atoms with Crippen LogP contribution < -0.4 is 20.9 Å². The van der Waals surface area contributed by atoms with E-state index in [1.165, 1.54) is 0 Å². The Balaban J connectivity index is 1.67. The van der Waals surface area contributed by atoms with E-state index >= 15 is 0 Å². The molecule has 0 radical (unpaired) electrons. The van der Waals surface area contributed by atoms with Gasteiger partial charge in [0.15, 0.2) is 0 Å². The van der Waals surface area contributed by atoms with Crippen LogP contribution in [0.15, 0.2) is 36.4 Å². The Morgan fingerprint density at radius 1 is 0.864 bits per heavy atom. The molecular formula is C18H24N2O2. The first-order chi connectivity index (χ1) is 10.6. The average Bonchev–Trinajstić information content (AvgIpc) is 2.50. The summed E-state index contributed by atoms with van der Waals surface area (Å²) in [6, 6.07) is 11.6. The minimum atomic E-state index is 0.632. The number of para-hydroxylation sites is 1. The molecule has 2 aromatic rings. The van der Waals surface area contributed by atoms with Crippen LogP contribution in [0.1, 0.15) is 24.0 Å². The Kier molecular flexibility index (Phi) is 5.53. The first kappa shape index (κ1) is 16.0. The van der Waals surface area contributed by atoms with Crippen LogP contribution in [0.2, 0.25) is 0 Å². The molecular weight excluding hydrogens is 276 g/mol. The van der Waals surface area contributed by atoms with Crippen molar-refractivity contribution in [3.63, 3.8) is 0 Å². The van der Waals surface area contributed by atoms with E-state index in [0.29, 0.717) is 18.9 Å². The Morgan fingerprint density at radius 2 is 1.59 bits per heavy atom. The quantitative estimate of drug-likeness (QED) is 0.604. The Hall–Kier alpha value is -2.36. The van der Waals surface area contributed by atoms with Crippen molar-refractivity contribution in [3.05, 3.63) is 47.5 Å². The molecule has 0 atom stereocenters. The van der Waals surface area contributed by atoms with Gasteiger partial charge in [0, 0.05) is 11.8 Å². The molecule has 118 valence electrons. The van der Waals surface area contributed by atoms with Crippen LogP contribution in [-0.2, 0) is 0 Å². The fourth-order valence-corrected chi connectivity index (χ4v) is 2.06. The van der Waals surface area contributed by atoms with Crippen molar-refractivity contribution in [2.45, 2.75) is 26.7 Å². The maximum Gasteiger partial charge on any atom is 0.142 e. The van der Waals surface area contributed by atoms with Crippen molar-refractivity contribution in [3.8, 4) is 11.5 Å². The molecule has 2 aromatic carbocycles. The highest BCUT2D eigenvalue weighted by Crippen LogP contribution is 2.24. The van der Waals surface area contributed by atoms with Crippen molar-refractivity contribution < 1.29 is 9.47 Å². The van der Waals surface area contributed by atoms with Crippen LogP contribution in [0.4, 0.5) is 11.4 Å². The Labute approximate surface area is 132 Å². The summed E-state index contributed by atoms with van der Waals surface area (Å²) < 4.78 is 11.4. The maximum atomic E-state index is 5.96. The maximum absolute atomic E-state index is 5.96. The Morgan fingerprint density at radius 3 is 2.32 bits per heavy atom. The van der Waals surface area contributed by atoms with Gasteiger partial charge in [-0.2, -0.15) is 0 Å². The Bertz CT molecular complexity index is 626. The van der Waals surface area contributed by atoms with Gasteiger partial charge < -0.3 is 20.9 Å². The van der Waals surface area contributed by atoms with E-state index in [1.54, 1.807) is 0 Å². The lowest BCUT2D eigenvalue weighted by atomic mass is 10.2. The van der Waals surface area contributed by atoms with Crippen molar-refractivity contribution >= 4 is 11.4 Å². The lowest BCUT2D eigenvalue weighted by molar-refractivity contribution is 0.267. The van der Waals surface area contributed by atoms with Crippen molar-refractivity contribution in [1.82, 2.24) is 0 Å². The average molecular weight is 300 g/mol. The van der Waals surface area contributed by atoms with Gasteiger partial charge in [-0.3, -0.25) is 0 Å². The molecule has 0 unspecified atom stereocenters. The second-order valence-corrected chi connectivity index (χ2v) is 5.41. The highest BCUT2D eigenvalue weighted by atomic mass is 16.5. The number of benzene rings is 2. The molecule has 4 heteroatoms. The summed E-state index contributed by atoms with van der Waals surface area (Å²) in [6.45, 7) is 5.24. The fourth-order valence-electron chi connectivity index (χ4n) is 2.06. The highest BCUT2D eigenvalue weighted by molar-refractivity contribution is 5.57. The summed E-state index contributed by atoms with van der Waals surface area (Å²) in [5.41, 5.74) is 15.4. The van der Waals surface area contributed by atoms with E-state index in [4.69, 9.17) is 20.9 Å². The van der Waals surface area contributed by atoms with Crippen molar-refractivity contribution in [1.29, 1.82) is 0 Å². The molecule has 0 aliphatic heterocycles. The number of ether oxygens (including phenoxy) is 2. The smallest absolute Gasteiger partial charge is 0.142 e. The van der Waals surface area contributed by atoms with Crippen molar-refractivity contribution in [2.75, 3.05) is 24.7 Å². The highest BCUT2D eigenvalue weighted by Gasteiger charge is 2.02. The van der Waals surface area contributed by atoms with E-state index in [1.807, 2.05) is 50.2 Å². The fraction of sp³-hybridized carbons (Fsp3) is 0.333. The predicted molar refractivity (Wildman–Crippen MR) is 91.4 cm³/mol. The third kappa shape index (κ3) is 4.32. The molecule has 0 fully saturated rings. The molecule has 0 saturated heterocycles. The molecule has 0 spiro atoms. The standard InChI is InChI=1S/C18H24N2O2/c1-13-8-9-15(12-16(13)19)21-10-3-4-11-22-17-7-5-6-14(2)18(17)20/h5-9,12H,3-4,10-11,19-20H2,1-2H3. The van der Waals surface area contributed by atoms with Gasteiger partial charge >= 0.3 is 0 Å². The minimum Gasteiger partial charge on any atom is -0.494 e. The summed E-state index contributed by atoms with van der Waals surface area (Å²) in [5.74, 6) is 1.57. The zero-order valence-electron chi connectivity index (χ0n) is 13.3. The van der Waals surface area contributed by atoms with Crippen LogP contribution in [0, 0.1) is 13.8 Å².